The van der Waals surface area contributed by atoms with Crippen molar-refractivity contribution < 1.29 is 5.11 Å². The van der Waals surface area contributed by atoms with E-state index in [2.05, 4.69) is 63.2 Å². The van der Waals surface area contributed by atoms with Crippen molar-refractivity contribution in [3.63, 3.8) is 0 Å². The fraction of sp³-hybridized carbons (Fsp3) is 0.429. The SMILES string of the molecule is Cc1cc(CCCCc2ccccc2)cc(C(C)(C)C)c1O. The lowest BCUT2D eigenvalue weighted by Crippen LogP contribution is -2.12. The van der Waals surface area contributed by atoms with Crippen LogP contribution in [0.3, 0.4) is 0 Å². The van der Waals surface area contributed by atoms with Gasteiger partial charge in [0.05, 0.1) is 0 Å². The van der Waals surface area contributed by atoms with Gasteiger partial charge in [-0.05, 0) is 60.3 Å². The molecule has 1 N–H and O–H groups in total. The topological polar surface area (TPSA) is 20.2 Å². The monoisotopic (exact) mass is 296 g/mol. The first-order chi connectivity index (χ1) is 10.4. The molecule has 0 fully saturated rings. The van der Waals surface area contributed by atoms with Crippen LogP contribution in [0.2, 0.25) is 0 Å². The van der Waals surface area contributed by atoms with Crippen LogP contribution >= 0.6 is 0 Å². The molecule has 0 aromatic heterocycles. The lowest BCUT2D eigenvalue weighted by atomic mass is 9.83. The third-order valence-electron chi connectivity index (χ3n) is 4.19. The van der Waals surface area contributed by atoms with E-state index >= 15 is 0 Å². The van der Waals surface area contributed by atoms with E-state index in [4.69, 9.17) is 0 Å². The first kappa shape index (κ1) is 16.6. The molecule has 118 valence electrons. The van der Waals surface area contributed by atoms with Crippen molar-refractivity contribution >= 4 is 0 Å². The molecule has 22 heavy (non-hydrogen) atoms. The average Bonchev–Trinajstić information content (AvgIpc) is 2.47. The number of phenols is 1. The molecule has 0 spiro atoms. The summed E-state index contributed by atoms with van der Waals surface area (Å²) in [6.07, 6.45) is 4.61. The summed E-state index contributed by atoms with van der Waals surface area (Å²) >= 11 is 0. The maximum Gasteiger partial charge on any atom is 0.122 e. The van der Waals surface area contributed by atoms with Gasteiger partial charge in [-0.25, -0.2) is 0 Å². The molecule has 1 heteroatoms. The molecule has 0 aliphatic rings. The highest BCUT2D eigenvalue weighted by molar-refractivity contribution is 5.46. The van der Waals surface area contributed by atoms with Gasteiger partial charge < -0.3 is 5.11 Å². The van der Waals surface area contributed by atoms with Crippen LogP contribution in [0.25, 0.3) is 0 Å². The largest absolute Gasteiger partial charge is 0.507 e. The Bertz CT molecular complexity index is 606. The van der Waals surface area contributed by atoms with E-state index in [1.54, 1.807) is 0 Å². The first-order valence-corrected chi connectivity index (χ1v) is 8.25. The second kappa shape index (κ2) is 7.00. The molecule has 0 radical (unpaired) electrons. The van der Waals surface area contributed by atoms with Crippen LogP contribution in [0.1, 0.15) is 55.9 Å². The predicted molar refractivity (Wildman–Crippen MR) is 94.6 cm³/mol. The summed E-state index contributed by atoms with van der Waals surface area (Å²) in [6.45, 7) is 8.46. The number of rotatable bonds is 5. The normalized spacial score (nSPS) is 11.6. The molecular formula is C21H28O. The highest BCUT2D eigenvalue weighted by atomic mass is 16.3. The highest BCUT2D eigenvalue weighted by Crippen LogP contribution is 2.34. The van der Waals surface area contributed by atoms with Gasteiger partial charge >= 0.3 is 0 Å². The van der Waals surface area contributed by atoms with E-state index in [9.17, 15) is 5.11 Å². The number of unbranched alkanes of at least 4 members (excludes halogenated alkanes) is 1. The van der Waals surface area contributed by atoms with Crippen LogP contribution in [0.4, 0.5) is 0 Å². The smallest absolute Gasteiger partial charge is 0.122 e. The molecule has 0 heterocycles. The molecular weight excluding hydrogens is 268 g/mol. The maximum absolute atomic E-state index is 10.3. The molecule has 0 bridgehead atoms. The summed E-state index contributed by atoms with van der Waals surface area (Å²) in [5.74, 6) is 0.459. The van der Waals surface area contributed by atoms with Crippen LogP contribution in [-0.4, -0.2) is 5.11 Å². The Morgan fingerprint density at radius 2 is 1.45 bits per heavy atom. The zero-order valence-electron chi connectivity index (χ0n) is 14.3. The second-order valence-electron chi connectivity index (χ2n) is 7.25. The van der Waals surface area contributed by atoms with E-state index < -0.39 is 0 Å². The molecule has 1 nitrogen and oxygen atoms in total. The number of benzene rings is 2. The molecule has 0 atom stereocenters. The first-order valence-electron chi connectivity index (χ1n) is 8.25. The van der Waals surface area contributed by atoms with Crippen molar-refractivity contribution in [2.45, 2.75) is 58.8 Å². The zero-order valence-corrected chi connectivity index (χ0v) is 14.3. The summed E-state index contributed by atoms with van der Waals surface area (Å²) in [7, 11) is 0. The molecule has 2 aromatic rings. The van der Waals surface area contributed by atoms with Gasteiger partial charge in [-0.3, -0.25) is 0 Å². The van der Waals surface area contributed by atoms with Crippen molar-refractivity contribution in [3.8, 4) is 5.75 Å². The summed E-state index contributed by atoms with van der Waals surface area (Å²) in [5, 5.41) is 10.3. The number of phenolic OH excluding ortho intramolecular Hbond substituents is 1. The molecule has 2 rings (SSSR count). The minimum absolute atomic E-state index is 0.0190. The molecule has 2 aromatic carbocycles. The quantitative estimate of drug-likeness (QED) is 0.716. The average molecular weight is 296 g/mol. The molecule has 0 unspecified atom stereocenters. The van der Waals surface area contributed by atoms with Gasteiger partial charge in [0.25, 0.3) is 0 Å². The Kier molecular flexibility index (Phi) is 5.28. The minimum atomic E-state index is -0.0190. The number of aromatic hydroxyl groups is 1. The highest BCUT2D eigenvalue weighted by Gasteiger charge is 2.19. The fourth-order valence-electron chi connectivity index (χ4n) is 2.87. The van der Waals surface area contributed by atoms with Crippen LogP contribution in [0, 0.1) is 6.92 Å². The molecule has 0 aliphatic carbocycles. The van der Waals surface area contributed by atoms with Gasteiger partial charge in [0, 0.05) is 0 Å². The van der Waals surface area contributed by atoms with Crippen LogP contribution in [0.5, 0.6) is 5.75 Å². The van der Waals surface area contributed by atoms with Crippen molar-refractivity contribution in [3.05, 3.63) is 64.7 Å². The Labute approximate surface area is 135 Å². The number of hydrogen-bond acceptors (Lipinski definition) is 1. The van der Waals surface area contributed by atoms with Gasteiger partial charge in [-0.15, -0.1) is 0 Å². The molecule has 0 saturated carbocycles. The van der Waals surface area contributed by atoms with E-state index in [1.165, 1.54) is 24.0 Å². The van der Waals surface area contributed by atoms with Crippen molar-refractivity contribution in [2.75, 3.05) is 0 Å². The van der Waals surface area contributed by atoms with Gasteiger partial charge in [-0.1, -0.05) is 63.2 Å². The van der Waals surface area contributed by atoms with Crippen LogP contribution in [0.15, 0.2) is 42.5 Å². The predicted octanol–water partition coefficient (Wildman–Crippen LogP) is 5.56. The Hall–Kier alpha value is -1.76. The lowest BCUT2D eigenvalue weighted by Gasteiger charge is -2.22. The summed E-state index contributed by atoms with van der Waals surface area (Å²) < 4.78 is 0. The van der Waals surface area contributed by atoms with Crippen LogP contribution < -0.4 is 0 Å². The van der Waals surface area contributed by atoms with Crippen molar-refractivity contribution in [1.82, 2.24) is 0 Å². The fourth-order valence-corrected chi connectivity index (χ4v) is 2.87. The number of hydrogen-bond donors (Lipinski definition) is 1. The second-order valence-corrected chi connectivity index (χ2v) is 7.25. The summed E-state index contributed by atoms with van der Waals surface area (Å²) in [4.78, 5) is 0. The van der Waals surface area contributed by atoms with Gasteiger partial charge in [-0.2, -0.15) is 0 Å². The standard InChI is InChI=1S/C21H28O/c1-16-14-18(15-19(20(16)22)21(2,3)4)13-9-8-12-17-10-6-5-7-11-17/h5-7,10-11,14-15,22H,8-9,12-13H2,1-4H3. The van der Waals surface area contributed by atoms with E-state index in [-0.39, 0.29) is 5.41 Å². The molecule has 0 saturated heterocycles. The molecule has 0 amide bonds. The van der Waals surface area contributed by atoms with E-state index in [1.807, 2.05) is 6.92 Å². The van der Waals surface area contributed by atoms with Crippen molar-refractivity contribution in [2.24, 2.45) is 0 Å². The van der Waals surface area contributed by atoms with E-state index in [0.717, 1.165) is 24.0 Å². The Morgan fingerprint density at radius 3 is 2.05 bits per heavy atom. The Balaban J connectivity index is 1.97. The lowest BCUT2D eigenvalue weighted by molar-refractivity contribution is 0.442. The summed E-state index contributed by atoms with van der Waals surface area (Å²) in [5.41, 5.74) is 4.79. The number of aryl methyl sites for hydroxylation is 3. The Morgan fingerprint density at radius 1 is 0.864 bits per heavy atom. The minimum Gasteiger partial charge on any atom is -0.507 e. The van der Waals surface area contributed by atoms with Gasteiger partial charge in [0.1, 0.15) is 5.75 Å². The van der Waals surface area contributed by atoms with Crippen molar-refractivity contribution in [1.29, 1.82) is 0 Å². The third kappa shape index (κ3) is 4.37. The third-order valence-corrected chi connectivity index (χ3v) is 4.19. The van der Waals surface area contributed by atoms with Gasteiger partial charge in [0.15, 0.2) is 0 Å². The summed E-state index contributed by atoms with van der Waals surface area (Å²) in [6, 6.07) is 15.0. The van der Waals surface area contributed by atoms with Gasteiger partial charge in [0.2, 0.25) is 0 Å². The van der Waals surface area contributed by atoms with Crippen LogP contribution in [-0.2, 0) is 18.3 Å². The molecule has 0 aliphatic heterocycles. The van der Waals surface area contributed by atoms with E-state index in [0.29, 0.717) is 5.75 Å². The zero-order chi connectivity index (χ0) is 16.2. The maximum atomic E-state index is 10.3.